The number of hydrogen-bond acceptors (Lipinski definition) is 4. The summed E-state index contributed by atoms with van der Waals surface area (Å²) in [5, 5.41) is 6.93. The second kappa shape index (κ2) is 5.01. The molecule has 0 bridgehead atoms. The van der Waals surface area contributed by atoms with Gasteiger partial charge in [0.2, 0.25) is 6.79 Å². The minimum atomic E-state index is -0.452. The summed E-state index contributed by atoms with van der Waals surface area (Å²) in [7, 11) is 0. The van der Waals surface area contributed by atoms with E-state index in [2.05, 4.69) is 4.74 Å². The Labute approximate surface area is 82.0 Å². The van der Waals surface area contributed by atoms with Gasteiger partial charge in [-0.1, -0.05) is 18.2 Å². The predicted octanol–water partition coefficient (Wildman–Crippen LogP) is 1.81. The van der Waals surface area contributed by atoms with Crippen LogP contribution in [0.1, 0.15) is 17.3 Å². The number of ether oxygens (including phenoxy) is 2. The summed E-state index contributed by atoms with van der Waals surface area (Å²) in [5.41, 5.74) is 0.471. The molecule has 0 fully saturated rings. The molecule has 4 nitrogen and oxygen atoms in total. The summed E-state index contributed by atoms with van der Waals surface area (Å²) < 4.78 is 9.41. The molecule has 0 aromatic heterocycles. The summed E-state index contributed by atoms with van der Waals surface area (Å²) in [6.07, 6.45) is 0. The maximum absolute atomic E-state index is 11.3. The smallest absolute Gasteiger partial charge is 0.340 e. The SMILES string of the molecule is CC(=N)OCOC(=O)c1ccccc1. The fourth-order valence-electron chi connectivity index (χ4n) is 0.829. The molecule has 1 rings (SSSR count). The molecular formula is C10H11NO3. The first-order valence-corrected chi connectivity index (χ1v) is 4.10. The van der Waals surface area contributed by atoms with Gasteiger partial charge in [-0.25, -0.2) is 4.79 Å². The Kier molecular flexibility index (Phi) is 3.67. The van der Waals surface area contributed by atoms with Crippen molar-refractivity contribution in [2.45, 2.75) is 6.92 Å². The number of rotatable bonds is 3. The van der Waals surface area contributed by atoms with E-state index < -0.39 is 5.97 Å². The minimum absolute atomic E-state index is 0.0193. The third-order valence-corrected chi connectivity index (χ3v) is 1.47. The summed E-state index contributed by atoms with van der Waals surface area (Å²) >= 11 is 0. The van der Waals surface area contributed by atoms with Gasteiger partial charge in [-0.2, -0.15) is 0 Å². The summed E-state index contributed by atoms with van der Waals surface area (Å²) in [4.78, 5) is 11.3. The van der Waals surface area contributed by atoms with Crippen LogP contribution in [0.4, 0.5) is 0 Å². The second-order valence-electron chi connectivity index (χ2n) is 2.62. The van der Waals surface area contributed by atoms with E-state index >= 15 is 0 Å². The molecule has 0 aliphatic heterocycles. The molecule has 1 N–H and O–H groups in total. The molecule has 1 aromatic rings. The number of hydrogen-bond donors (Lipinski definition) is 1. The van der Waals surface area contributed by atoms with Gasteiger partial charge in [0.15, 0.2) is 5.90 Å². The van der Waals surface area contributed by atoms with E-state index in [1.54, 1.807) is 24.3 Å². The van der Waals surface area contributed by atoms with Crippen molar-refractivity contribution in [3.8, 4) is 0 Å². The Hall–Kier alpha value is -1.84. The summed E-state index contributed by atoms with van der Waals surface area (Å²) in [5.74, 6) is -0.433. The Morgan fingerprint density at radius 3 is 2.50 bits per heavy atom. The lowest BCUT2D eigenvalue weighted by Crippen LogP contribution is -2.10. The maximum atomic E-state index is 11.3. The highest BCUT2D eigenvalue weighted by atomic mass is 16.7. The Morgan fingerprint density at radius 1 is 1.29 bits per heavy atom. The topological polar surface area (TPSA) is 59.4 Å². The summed E-state index contributed by atoms with van der Waals surface area (Å²) in [6.45, 7) is 1.25. The van der Waals surface area contributed by atoms with E-state index in [9.17, 15) is 4.79 Å². The number of carbonyl (C=O) groups excluding carboxylic acids is 1. The normalized spacial score (nSPS) is 9.21. The quantitative estimate of drug-likeness (QED) is 0.344. The molecule has 0 unspecified atom stereocenters. The van der Waals surface area contributed by atoms with Crippen molar-refractivity contribution in [2.75, 3.05) is 6.79 Å². The van der Waals surface area contributed by atoms with E-state index in [1.165, 1.54) is 6.92 Å². The first-order chi connectivity index (χ1) is 6.70. The maximum Gasteiger partial charge on any atom is 0.340 e. The zero-order valence-corrected chi connectivity index (χ0v) is 7.82. The van der Waals surface area contributed by atoms with E-state index in [0.717, 1.165) is 0 Å². The lowest BCUT2D eigenvalue weighted by Gasteiger charge is -2.04. The van der Waals surface area contributed by atoms with Crippen LogP contribution in [0.15, 0.2) is 30.3 Å². The van der Waals surface area contributed by atoms with Crippen LogP contribution in [0.5, 0.6) is 0 Å². The van der Waals surface area contributed by atoms with Gasteiger partial charge in [0.25, 0.3) is 0 Å². The molecule has 0 saturated heterocycles. The van der Waals surface area contributed by atoms with Crippen molar-refractivity contribution in [1.82, 2.24) is 0 Å². The molecule has 0 saturated carbocycles. The van der Waals surface area contributed by atoms with E-state index in [-0.39, 0.29) is 12.7 Å². The van der Waals surface area contributed by atoms with Crippen molar-refractivity contribution in [3.63, 3.8) is 0 Å². The van der Waals surface area contributed by atoms with Gasteiger partial charge in [0.1, 0.15) is 0 Å². The third kappa shape index (κ3) is 3.26. The van der Waals surface area contributed by atoms with Crippen LogP contribution in [0.3, 0.4) is 0 Å². The first kappa shape index (κ1) is 10.2. The molecule has 1 aromatic carbocycles. The van der Waals surface area contributed by atoms with Crippen molar-refractivity contribution in [2.24, 2.45) is 0 Å². The zero-order valence-electron chi connectivity index (χ0n) is 7.82. The number of benzene rings is 1. The number of esters is 1. The van der Waals surface area contributed by atoms with Crippen LogP contribution in [-0.2, 0) is 9.47 Å². The Morgan fingerprint density at radius 2 is 1.93 bits per heavy atom. The van der Waals surface area contributed by atoms with Crippen LogP contribution in [0.2, 0.25) is 0 Å². The molecule has 14 heavy (non-hydrogen) atoms. The van der Waals surface area contributed by atoms with Gasteiger partial charge in [-0.3, -0.25) is 5.41 Å². The van der Waals surface area contributed by atoms with Gasteiger partial charge in [-0.15, -0.1) is 0 Å². The third-order valence-electron chi connectivity index (χ3n) is 1.47. The molecule has 0 radical (unpaired) electrons. The van der Waals surface area contributed by atoms with Gasteiger partial charge in [0, 0.05) is 6.92 Å². The Bertz CT molecular complexity index is 321. The highest BCUT2D eigenvalue weighted by Crippen LogP contribution is 2.00. The van der Waals surface area contributed by atoms with E-state index in [1.807, 2.05) is 6.07 Å². The largest absolute Gasteiger partial charge is 0.445 e. The van der Waals surface area contributed by atoms with Gasteiger partial charge >= 0.3 is 5.97 Å². The molecular weight excluding hydrogens is 182 g/mol. The fraction of sp³-hybridized carbons (Fsp3) is 0.200. The molecule has 0 aliphatic carbocycles. The monoisotopic (exact) mass is 193 g/mol. The highest BCUT2D eigenvalue weighted by Gasteiger charge is 2.05. The van der Waals surface area contributed by atoms with Crippen molar-refractivity contribution >= 4 is 11.9 Å². The zero-order chi connectivity index (χ0) is 10.4. The fourth-order valence-corrected chi connectivity index (χ4v) is 0.829. The standard InChI is InChI=1S/C10H11NO3/c1-8(11)13-7-14-10(12)9-5-3-2-4-6-9/h2-6,11H,7H2,1H3. The van der Waals surface area contributed by atoms with Crippen molar-refractivity contribution in [3.05, 3.63) is 35.9 Å². The van der Waals surface area contributed by atoms with Crippen molar-refractivity contribution < 1.29 is 14.3 Å². The van der Waals surface area contributed by atoms with Crippen LogP contribution < -0.4 is 0 Å². The van der Waals surface area contributed by atoms with Crippen LogP contribution in [0, 0.1) is 5.41 Å². The van der Waals surface area contributed by atoms with Crippen LogP contribution in [0.25, 0.3) is 0 Å². The molecule has 0 spiro atoms. The molecule has 0 aliphatic rings. The molecule has 74 valence electrons. The first-order valence-electron chi connectivity index (χ1n) is 4.10. The van der Waals surface area contributed by atoms with E-state index in [0.29, 0.717) is 5.56 Å². The second-order valence-corrected chi connectivity index (χ2v) is 2.62. The highest BCUT2D eigenvalue weighted by molar-refractivity contribution is 5.89. The van der Waals surface area contributed by atoms with Crippen LogP contribution >= 0.6 is 0 Å². The molecule has 0 heterocycles. The Balaban J connectivity index is 2.40. The molecule has 0 amide bonds. The minimum Gasteiger partial charge on any atom is -0.445 e. The van der Waals surface area contributed by atoms with Gasteiger partial charge in [-0.05, 0) is 12.1 Å². The van der Waals surface area contributed by atoms with Crippen molar-refractivity contribution in [1.29, 1.82) is 5.41 Å². The molecule has 0 atom stereocenters. The predicted molar refractivity (Wildman–Crippen MR) is 51.2 cm³/mol. The average molecular weight is 193 g/mol. The average Bonchev–Trinajstić information content (AvgIpc) is 2.18. The van der Waals surface area contributed by atoms with Gasteiger partial charge < -0.3 is 9.47 Å². The number of nitrogens with one attached hydrogen (secondary N) is 1. The van der Waals surface area contributed by atoms with Gasteiger partial charge in [0.05, 0.1) is 5.56 Å². The lowest BCUT2D eigenvalue weighted by atomic mass is 10.2. The van der Waals surface area contributed by atoms with E-state index in [4.69, 9.17) is 10.1 Å². The summed E-state index contributed by atoms with van der Waals surface area (Å²) in [6, 6.07) is 8.62. The lowest BCUT2D eigenvalue weighted by molar-refractivity contribution is 0.0110. The number of carbonyl (C=O) groups is 1. The van der Waals surface area contributed by atoms with Crippen LogP contribution in [-0.4, -0.2) is 18.7 Å². The molecule has 4 heteroatoms.